The summed E-state index contributed by atoms with van der Waals surface area (Å²) in [6, 6.07) is 7.38. The molecule has 0 saturated carbocycles. The lowest BCUT2D eigenvalue weighted by atomic mass is 10.0. The summed E-state index contributed by atoms with van der Waals surface area (Å²) in [7, 11) is 0. The van der Waals surface area contributed by atoms with Crippen molar-refractivity contribution in [3.63, 3.8) is 0 Å². The summed E-state index contributed by atoms with van der Waals surface area (Å²) in [4.78, 5) is 41.4. The third-order valence-electron chi connectivity index (χ3n) is 6.09. The second-order valence-electron chi connectivity index (χ2n) is 8.38. The average Bonchev–Trinajstić information content (AvgIpc) is 3.50. The quantitative estimate of drug-likeness (QED) is 0.589. The van der Waals surface area contributed by atoms with Gasteiger partial charge in [-0.25, -0.2) is 14.4 Å². The van der Waals surface area contributed by atoms with E-state index in [-0.39, 0.29) is 23.5 Å². The largest absolute Gasteiger partial charge is 0.338 e. The number of hydrogen-bond donors (Lipinski definition) is 1. The Morgan fingerprint density at radius 3 is 2.74 bits per heavy atom. The van der Waals surface area contributed by atoms with Gasteiger partial charge in [0.25, 0.3) is 5.91 Å². The van der Waals surface area contributed by atoms with Gasteiger partial charge in [-0.05, 0) is 43.2 Å². The number of carbonyl (C=O) groups is 2. The molecule has 4 heterocycles. The highest BCUT2D eigenvalue weighted by Crippen LogP contribution is 2.32. The van der Waals surface area contributed by atoms with Gasteiger partial charge in [0.15, 0.2) is 0 Å². The van der Waals surface area contributed by atoms with Crippen LogP contribution in [0, 0.1) is 5.82 Å². The molecule has 1 N–H and O–H groups in total. The summed E-state index contributed by atoms with van der Waals surface area (Å²) in [5.41, 5.74) is 2.49. The monoisotopic (exact) mass is 480 g/mol. The van der Waals surface area contributed by atoms with E-state index in [1.165, 1.54) is 30.5 Å². The van der Waals surface area contributed by atoms with E-state index in [1.807, 2.05) is 6.07 Å². The minimum Gasteiger partial charge on any atom is -0.338 e. The molecule has 2 saturated heterocycles. The van der Waals surface area contributed by atoms with Gasteiger partial charge < -0.3 is 15.1 Å². The molecule has 0 aliphatic carbocycles. The normalized spacial score (nSPS) is 17.9. The fraction of sp³-hybridized carbons (Fsp3) is 0.292. The van der Waals surface area contributed by atoms with E-state index < -0.39 is 0 Å². The highest BCUT2D eigenvalue weighted by molar-refractivity contribution is 6.31. The molecule has 8 nitrogen and oxygen atoms in total. The minimum atomic E-state index is -0.378. The first kappa shape index (κ1) is 22.2. The molecular weight excluding hydrogens is 459 g/mol. The lowest BCUT2D eigenvalue weighted by Crippen LogP contribution is -2.28. The molecule has 2 aliphatic heterocycles. The SMILES string of the molecule is O=C(c1ccc(F)cc1)N1CCC(c2nc(Nc3cncc(N4CCCC4=O)c3)ncc2Cl)C1. The van der Waals surface area contributed by atoms with E-state index >= 15 is 0 Å². The number of benzene rings is 1. The molecule has 174 valence electrons. The highest BCUT2D eigenvalue weighted by atomic mass is 35.5. The molecule has 3 aromatic rings. The first-order valence-corrected chi connectivity index (χ1v) is 11.5. The third kappa shape index (κ3) is 4.56. The number of rotatable bonds is 5. The van der Waals surface area contributed by atoms with Gasteiger partial charge in [-0.15, -0.1) is 0 Å². The number of halogens is 2. The molecular formula is C24H22ClFN6O2. The predicted molar refractivity (Wildman–Crippen MR) is 126 cm³/mol. The molecule has 5 rings (SSSR count). The number of anilines is 3. The van der Waals surface area contributed by atoms with Crippen LogP contribution in [0.4, 0.5) is 21.7 Å². The van der Waals surface area contributed by atoms with Crippen molar-refractivity contribution in [1.82, 2.24) is 19.9 Å². The fourth-order valence-electron chi connectivity index (χ4n) is 4.36. The van der Waals surface area contributed by atoms with E-state index in [2.05, 4.69) is 20.3 Å². The molecule has 0 spiro atoms. The maximum absolute atomic E-state index is 13.2. The average molecular weight is 481 g/mol. The Morgan fingerprint density at radius 1 is 1.15 bits per heavy atom. The Balaban J connectivity index is 1.30. The highest BCUT2D eigenvalue weighted by Gasteiger charge is 2.30. The Bertz CT molecular complexity index is 1240. The van der Waals surface area contributed by atoms with E-state index in [0.717, 1.165) is 12.1 Å². The van der Waals surface area contributed by atoms with Gasteiger partial charge in [-0.3, -0.25) is 14.6 Å². The van der Waals surface area contributed by atoms with Crippen molar-refractivity contribution < 1.29 is 14.0 Å². The smallest absolute Gasteiger partial charge is 0.253 e. The number of nitrogens with one attached hydrogen (secondary N) is 1. The predicted octanol–water partition coefficient (Wildman–Crippen LogP) is 4.16. The third-order valence-corrected chi connectivity index (χ3v) is 6.38. The summed E-state index contributed by atoms with van der Waals surface area (Å²) in [5.74, 6) is -0.131. The number of pyridine rings is 1. The number of hydrogen-bond acceptors (Lipinski definition) is 6. The van der Waals surface area contributed by atoms with Crippen LogP contribution in [0.2, 0.25) is 5.02 Å². The van der Waals surface area contributed by atoms with Crippen LogP contribution in [0.1, 0.15) is 41.2 Å². The van der Waals surface area contributed by atoms with E-state index in [0.29, 0.717) is 60.4 Å². The van der Waals surface area contributed by atoms with Gasteiger partial charge >= 0.3 is 0 Å². The molecule has 0 radical (unpaired) electrons. The zero-order valence-electron chi connectivity index (χ0n) is 18.2. The number of amides is 2. The van der Waals surface area contributed by atoms with Crippen molar-refractivity contribution in [2.75, 3.05) is 29.9 Å². The molecule has 2 aromatic heterocycles. The van der Waals surface area contributed by atoms with Crippen molar-refractivity contribution in [1.29, 1.82) is 0 Å². The number of likely N-dealkylation sites (tertiary alicyclic amines) is 1. The van der Waals surface area contributed by atoms with E-state index in [4.69, 9.17) is 11.6 Å². The van der Waals surface area contributed by atoms with Crippen molar-refractivity contribution in [3.8, 4) is 0 Å². The Hall–Kier alpha value is -3.59. The molecule has 2 amide bonds. The summed E-state index contributed by atoms with van der Waals surface area (Å²) in [6.07, 6.45) is 6.93. The van der Waals surface area contributed by atoms with Crippen LogP contribution in [0.3, 0.4) is 0 Å². The van der Waals surface area contributed by atoms with Crippen LogP contribution < -0.4 is 10.2 Å². The van der Waals surface area contributed by atoms with Gasteiger partial charge in [0.2, 0.25) is 11.9 Å². The van der Waals surface area contributed by atoms with Crippen molar-refractivity contribution >= 4 is 40.7 Å². The lowest BCUT2D eigenvalue weighted by molar-refractivity contribution is -0.117. The van der Waals surface area contributed by atoms with Gasteiger partial charge in [0.05, 0.1) is 40.7 Å². The molecule has 34 heavy (non-hydrogen) atoms. The van der Waals surface area contributed by atoms with Crippen LogP contribution in [0.15, 0.2) is 48.9 Å². The molecule has 2 aliphatic rings. The van der Waals surface area contributed by atoms with Gasteiger partial charge in [-0.2, -0.15) is 0 Å². The van der Waals surface area contributed by atoms with Crippen LogP contribution in [-0.4, -0.2) is 51.3 Å². The zero-order chi connectivity index (χ0) is 23.7. The maximum atomic E-state index is 13.2. The van der Waals surface area contributed by atoms with Crippen LogP contribution >= 0.6 is 11.6 Å². The minimum absolute atomic E-state index is 0.0490. The van der Waals surface area contributed by atoms with E-state index in [1.54, 1.807) is 22.2 Å². The first-order chi connectivity index (χ1) is 16.5. The number of nitrogens with zero attached hydrogens (tertiary/aromatic N) is 5. The van der Waals surface area contributed by atoms with Gasteiger partial charge in [-0.1, -0.05) is 11.6 Å². The standard InChI is InChI=1S/C24H22ClFN6O2/c25-20-13-28-24(29-18-10-19(12-27-11-18)32-8-1-2-21(32)33)30-22(20)16-7-9-31(14-16)23(34)15-3-5-17(26)6-4-15/h3-6,10-13,16H,1-2,7-9,14H2,(H,28,29,30). The molecule has 2 fully saturated rings. The molecule has 1 unspecified atom stereocenters. The summed E-state index contributed by atoms with van der Waals surface area (Å²) >= 11 is 6.41. The lowest BCUT2D eigenvalue weighted by Gasteiger charge is -2.18. The number of aromatic nitrogens is 3. The Kier molecular flexibility index (Phi) is 6.10. The Labute approximate surface area is 200 Å². The van der Waals surface area contributed by atoms with Crippen LogP contribution in [0.25, 0.3) is 0 Å². The fourth-order valence-corrected chi connectivity index (χ4v) is 4.61. The number of carbonyl (C=O) groups excluding carboxylic acids is 2. The van der Waals surface area contributed by atoms with E-state index in [9.17, 15) is 14.0 Å². The summed E-state index contributed by atoms with van der Waals surface area (Å²) < 4.78 is 13.2. The summed E-state index contributed by atoms with van der Waals surface area (Å²) in [6.45, 7) is 1.70. The van der Waals surface area contributed by atoms with Crippen LogP contribution in [-0.2, 0) is 4.79 Å². The van der Waals surface area contributed by atoms with Crippen LogP contribution in [0.5, 0.6) is 0 Å². The van der Waals surface area contributed by atoms with Gasteiger partial charge in [0.1, 0.15) is 5.82 Å². The molecule has 10 heteroatoms. The Morgan fingerprint density at radius 2 is 1.97 bits per heavy atom. The van der Waals surface area contributed by atoms with Crippen molar-refractivity contribution in [2.24, 2.45) is 0 Å². The zero-order valence-corrected chi connectivity index (χ0v) is 19.0. The van der Waals surface area contributed by atoms with Gasteiger partial charge in [0, 0.05) is 37.5 Å². The maximum Gasteiger partial charge on any atom is 0.253 e. The van der Waals surface area contributed by atoms with Crippen molar-refractivity contribution in [3.05, 3.63) is 71.0 Å². The molecule has 1 aromatic carbocycles. The second kappa shape index (κ2) is 9.34. The molecule has 1 atom stereocenters. The summed E-state index contributed by atoms with van der Waals surface area (Å²) in [5, 5.41) is 3.57. The second-order valence-corrected chi connectivity index (χ2v) is 8.78. The topological polar surface area (TPSA) is 91.3 Å². The molecule has 0 bridgehead atoms. The van der Waals surface area contributed by atoms with Crippen molar-refractivity contribution in [2.45, 2.75) is 25.2 Å². The first-order valence-electron chi connectivity index (χ1n) is 11.1.